The molecule has 4 heteroatoms. The van der Waals surface area contributed by atoms with Crippen molar-refractivity contribution in [1.82, 2.24) is 9.78 Å². The number of hydrogen-bond donors (Lipinski definition) is 1. The number of aliphatic hydroxyl groups is 1. The minimum absolute atomic E-state index is 0.0742. The summed E-state index contributed by atoms with van der Waals surface area (Å²) in [5.74, 6) is 0. The largest absolute Gasteiger partial charge is 0.392 e. The second-order valence-electron chi connectivity index (χ2n) is 3.77. The monoisotopic (exact) mass is 220 g/mol. The second kappa shape index (κ2) is 5.09. The number of aliphatic hydroxyl groups excluding tert-OH is 1. The molecule has 2 aromatic rings. The molecule has 16 heavy (non-hydrogen) atoms. The fourth-order valence-electron chi connectivity index (χ4n) is 1.77. The molecule has 0 aliphatic heterocycles. The van der Waals surface area contributed by atoms with Gasteiger partial charge >= 0.3 is 0 Å². The van der Waals surface area contributed by atoms with Crippen LogP contribution < -0.4 is 0 Å². The third kappa shape index (κ3) is 2.23. The zero-order valence-corrected chi connectivity index (χ0v) is 9.39. The van der Waals surface area contributed by atoms with Gasteiger partial charge in [0.05, 0.1) is 18.3 Å². The average Bonchev–Trinajstić information content (AvgIpc) is 2.72. The highest BCUT2D eigenvalue weighted by atomic mass is 16.5. The van der Waals surface area contributed by atoms with E-state index in [-0.39, 0.29) is 6.61 Å². The quantitative estimate of drug-likeness (QED) is 0.778. The molecule has 0 aliphatic rings. The van der Waals surface area contributed by atoms with E-state index < -0.39 is 0 Å². The maximum atomic E-state index is 9.03. The van der Waals surface area contributed by atoms with Crippen LogP contribution in [-0.4, -0.2) is 28.6 Å². The standard InChI is InChI=1S/C12H16N2O2/c1-16-6-2-5-14-12-4-3-10(9-15)7-11(12)8-13-14/h3-4,7-8,15H,2,5-6,9H2,1H3. The average molecular weight is 220 g/mol. The highest BCUT2D eigenvalue weighted by Gasteiger charge is 2.02. The minimum Gasteiger partial charge on any atom is -0.392 e. The Bertz CT molecular complexity index is 465. The topological polar surface area (TPSA) is 47.3 Å². The molecule has 4 nitrogen and oxygen atoms in total. The fourth-order valence-corrected chi connectivity index (χ4v) is 1.77. The SMILES string of the molecule is COCCCn1ncc2cc(CO)ccc21. The van der Waals surface area contributed by atoms with Gasteiger partial charge in [-0.1, -0.05) is 6.07 Å². The van der Waals surface area contributed by atoms with Crippen LogP contribution in [0.2, 0.25) is 0 Å². The molecule has 1 aromatic heterocycles. The zero-order valence-electron chi connectivity index (χ0n) is 9.39. The van der Waals surface area contributed by atoms with E-state index in [9.17, 15) is 0 Å². The Hall–Kier alpha value is -1.39. The summed E-state index contributed by atoms with van der Waals surface area (Å²) in [6.45, 7) is 1.68. The van der Waals surface area contributed by atoms with Gasteiger partial charge in [0.2, 0.25) is 0 Å². The van der Waals surface area contributed by atoms with Crippen molar-refractivity contribution in [2.24, 2.45) is 0 Å². The molecule has 86 valence electrons. The number of aromatic nitrogens is 2. The fraction of sp³-hybridized carbons (Fsp3) is 0.417. The van der Waals surface area contributed by atoms with Crippen molar-refractivity contribution in [2.75, 3.05) is 13.7 Å². The van der Waals surface area contributed by atoms with E-state index in [1.54, 1.807) is 7.11 Å². The Morgan fingerprint density at radius 2 is 2.31 bits per heavy atom. The molecule has 0 spiro atoms. The first-order valence-electron chi connectivity index (χ1n) is 5.39. The summed E-state index contributed by atoms with van der Waals surface area (Å²) in [5, 5.41) is 14.4. The number of rotatable bonds is 5. The third-order valence-corrected chi connectivity index (χ3v) is 2.61. The number of fused-ring (bicyclic) bond motifs is 1. The van der Waals surface area contributed by atoms with Gasteiger partial charge in [-0.05, 0) is 24.1 Å². The molecule has 0 bridgehead atoms. The first-order chi connectivity index (χ1) is 7.85. The van der Waals surface area contributed by atoms with E-state index >= 15 is 0 Å². The molecule has 0 unspecified atom stereocenters. The maximum absolute atomic E-state index is 9.03. The van der Waals surface area contributed by atoms with Gasteiger partial charge in [0, 0.05) is 25.6 Å². The summed E-state index contributed by atoms with van der Waals surface area (Å²) < 4.78 is 6.98. The molecule has 1 heterocycles. The Morgan fingerprint density at radius 3 is 3.06 bits per heavy atom. The number of benzene rings is 1. The normalized spacial score (nSPS) is 11.1. The summed E-state index contributed by atoms with van der Waals surface area (Å²) in [5.41, 5.74) is 2.03. The van der Waals surface area contributed by atoms with E-state index in [2.05, 4.69) is 5.10 Å². The third-order valence-electron chi connectivity index (χ3n) is 2.61. The minimum atomic E-state index is 0.0742. The lowest BCUT2D eigenvalue weighted by atomic mass is 10.2. The molecule has 0 aliphatic carbocycles. The van der Waals surface area contributed by atoms with Crippen LogP contribution >= 0.6 is 0 Å². The van der Waals surface area contributed by atoms with Crippen molar-refractivity contribution in [2.45, 2.75) is 19.6 Å². The van der Waals surface area contributed by atoms with Gasteiger partial charge in [-0.15, -0.1) is 0 Å². The van der Waals surface area contributed by atoms with E-state index in [1.165, 1.54) is 0 Å². The van der Waals surface area contributed by atoms with Gasteiger partial charge in [-0.2, -0.15) is 5.10 Å². The number of aryl methyl sites for hydroxylation is 1. The molecule has 1 aromatic carbocycles. The van der Waals surface area contributed by atoms with Crippen LogP contribution in [0.5, 0.6) is 0 Å². The number of hydrogen-bond acceptors (Lipinski definition) is 3. The Labute approximate surface area is 94.5 Å². The van der Waals surface area contributed by atoms with Crippen LogP contribution in [0.15, 0.2) is 24.4 Å². The molecular formula is C12H16N2O2. The van der Waals surface area contributed by atoms with Gasteiger partial charge in [0.25, 0.3) is 0 Å². The van der Waals surface area contributed by atoms with Crippen molar-refractivity contribution in [3.63, 3.8) is 0 Å². The molecule has 0 fully saturated rings. The Kier molecular flexibility index (Phi) is 3.54. The van der Waals surface area contributed by atoms with Crippen molar-refractivity contribution in [1.29, 1.82) is 0 Å². The van der Waals surface area contributed by atoms with Gasteiger partial charge in [-0.25, -0.2) is 0 Å². The predicted octanol–water partition coefficient (Wildman–Crippen LogP) is 1.57. The summed E-state index contributed by atoms with van der Waals surface area (Å²) in [6.07, 6.45) is 2.79. The first-order valence-corrected chi connectivity index (χ1v) is 5.39. The van der Waals surface area contributed by atoms with Gasteiger partial charge in [0.15, 0.2) is 0 Å². The Balaban J connectivity index is 2.20. The lowest BCUT2D eigenvalue weighted by Crippen LogP contribution is -2.02. The van der Waals surface area contributed by atoms with Crippen LogP contribution in [0.4, 0.5) is 0 Å². The summed E-state index contributed by atoms with van der Waals surface area (Å²) in [4.78, 5) is 0. The van der Waals surface area contributed by atoms with Crippen LogP contribution in [0, 0.1) is 0 Å². The van der Waals surface area contributed by atoms with Crippen molar-refractivity contribution in [3.8, 4) is 0 Å². The summed E-state index contributed by atoms with van der Waals surface area (Å²) in [7, 11) is 1.70. The van der Waals surface area contributed by atoms with Gasteiger partial charge in [-0.3, -0.25) is 4.68 Å². The molecule has 0 amide bonds. The highest BCUT2D eigenvalue weighted by Crippen LogP contribution is 2.16. The van der Waals surface area contributed by atoms with Gasteiger partial charge < -0.3 is 9.84 Å². The molecule has 2 rings (SSSR count). The molecular weight excluding hydrogens is 204 g/mol. The van der Waals surface area contributed by atoms with E-state index in [0.29, 0.717) is 0 Å². The zero-order chi connectivity index (χ0) is 11.4. The molecule has 0 saturated heterocycles. The molecule has 0 radical (unpaired) electrons. The summed E-state index contributed by atoms with van der Waals surface area (Å²) >= 11 is 0. The predicted molar refractivity (Wildman–Crippen MR) is 62.1 cm³/mol. The highest BCUT2D eigenvalue weighted by molar-refractivity contribution is 5.79. The molecule has 0 saturated carbocycles. The molecule has 0 atom stereocenters. The van der Waals surface area contributed by atoms with E-state index in [4.69, 9.17) is 9.84 Å². The van der Waals surface area contributed by atoms with E-state index in [1.807, 2.05) is 29.1 Å². The number of nitrogens with zero attached hydrogens (tertiary/aromatic N) is 2. The van der Waals surface area contributed by atoms with Gasteiger partial charge in [0.1, 0.15) is 0 Å². The van der Waals surface area contributed by atoms with Crippen molar-refractivity contribution < 1.29 is 9.84 Å². The summed E-state index contributed by atoms with van der Waals surface area (Å²) in [6, 6.07) is 5.90. The second-order valence-corrected chi connectivity index (χ2v) is 3.77. The van der Waals surface area contributed by atoms with Crippen molar-refractivity contribution >= 4 is 10.9 Å². The first kappa shape index (κ1) is 11.1. The van der Waals surface area contributed by atoms with Crippen LogP contribution in [0.1, 0.15) is 12.0 Å². The smallest absolute Gasteiger partial charge is 0.0682 e. The lowest BCUT2D eigenvalue weighted by molar-refractivity contribution is 0.189. The number of methoxy groups -OCH3 is 1. The van der Waals surface area contributed by atoms with Crippen LogP contribution in [0.3, 0.4) is 0 Å². The Morgan fingerprint density at radius 1 is 1.44 bits per heavy atom. The van der Waals surface area contributed by atoms with Crippen molar-refractivity contribution in [3.05, 3.63) is 30.0 Å². The van der Waals surface area contributed by atoms with E-state index in [0.717, 1.165) is 36.0 Å². The van der Waals surface area contributed by atoms with Crippen LogP contribution in [-0.2, 0) is 17.9 Å². The lowest BCUT2D eigenvalue weighted by Gasteiger charge is -2.03. The maximum Gasteiger partial charge on any atom is 0.0682 e. The number of ether oxygens (including phenoxy) is 1. The van der Waals surface area contributed by atoms with Crippen LogP contribution in [0.25, 0.3) is 10.9 Å². The molecule has 1 N–H and O–H groups in total.